The Labute approximate surface area is 172 Å². The largest absolute Gasteiger partial charge is 0.477 e. The van der Waals surface area contributed by atoms with Crippen molar-refractivity contribution >= 4 is 16.9 Å². The Morgan fingerprint density at radius 3 is 2.66 bits per heavy atom. The van der Waals surface area contributed by atoms with Gasteiger partial charge in [-0.1, -0.05) is 6.92 Å². The molecule has 0 aromatic carbocycles. The van der Waals surface area contributed by atoms with Crippen LogP contribution >= 0.6 is 0 Å². The maximum absolute atomic E-state index is 9.87. The van der Waals surface area contributed by atoms with Crippen LogP contribution in [0.2, 0.25) is 0 Å². The fourth-order valence-corrected chi connectivity index (χ4v) is 3.77. The lowest BCUT2D eigenvalue weighted by atomic mass is 9.83. The smallest absolute Gasteiger partial charge is 0.224 e. The van der Waals surface area contributed by atoms with Crippen LogP contribution in [-0.4, -0.2) is 50.5 Å². The summed E-state index contributed by atoms with van der Waals surface area (Å²) >= 11 is 0. The maximum Gasteiger partial charge on any atom is 0.224 e. The van der Waals surface area contributed by atoms with Gasteiger partial charge in [-0.25, -0.2) is 15.0 Å². The Bertz CT molecular complexity index is 778. The standard InChI is InChI=1S/C22H34N4O3/c1-3-15(2)25-22-24-14-19-20(26-22)18(16-7-9-17(28)10-8-16)13-23-21(19)29-12-6-4-5-11-27/h13-17,27-28H,3-12H2,1-2H3,(H,24,25,26)/t15-,16?,17?/m0/s1. The number of nitrogens with zero attached hydrogens (tertiary/aromatic N) is 3. The number of anilines is 1. The Balaban J connectivity index is 1.87. The lowest BCUT2D eigenvalue weighted by Gasteiger charge is -2.26. The molecule has 2 heterocycles. The first-order valence-corrected chi connectivity index (χ1v) is 11.0. The summed E-state index contributed by atoms with van der Waals surface area (Å²) in [6.07, 6.45) is 10.6. The minimum atomic E-state index is -0.191. The zero-order valence-corrected chi connectivity index (χ0v) is 17.6. The first-order chi connectivity index (χ1) is 14.1. The molecule has 7 heteroatoms. The molecule has 0 radical (unpaired) electrons. The van der Waals surface area contributed by atoms with Gasteiger partial charge in [-0.2, -0.15) is 0 Å². The van der Waals surface area contributed by atoms with Crippen LogP contribution in [0.5, 0.6) is 5.88 Å². The van der Waals surface area contributed by atoms with Crippen LogP contribution in [0.3, 0.4) is 0 Å². The summed E-state index contributed by atoms with van der Waals surface area (Å²) in [5, 5.41) is 23.0. The van der Waals surface area contributed by atoms with Crippen LogP contribution in [0.1, 0.15) is 76.7 Å². The van der Waals surface area contributed by atoms with Crippen LogP contribution in [0.25, 0.3) is 10.9 Å². The zero-order chi connectivity index (χ0) is 20.6. The van der Waals surface area contributed by atoms with Gasteiger partial charge in [0, 0.05) is 30.6 Å². The highest BCUT2D eigenvalue weighted by atomic mass is 16.5. The Morgan fingerprint density at radius 1 is 1.14 bits per heavy atom. The molecule has 160 valence electrons. The van der Waals surface area contributed by atoms with Crippen molar-refractivity contribution in [1.82, 2.24) is 15.0 Å². The average molecular weight is 403 g/mol. The van der Waals surface area contributed by atoms with E-state index in [0.717, 1.165) is 67.8 Å². The molecule has 1 saturated carbocycles. The van der Waals surface area contributed by atoms with Crippen LogP contribution < -0.4 is 10.1 Å². The van der Waals surface area contributed by atoms with Crippen molar-refractivity contribution in [3.05, 3.63) is 18.0 Å². The number of fused-ring (bicyclic) bond motifs is 1. The molecule has 1 aliphatic rings. The third kappa shape index (κ3) is 5.76. The Hall–Kier alpha value is -1.99. The molecule has 3 rings (SSSR count). The summed E-state index contributed by atoms with van der Waals surface area (Å²) in [6.45, 7) is 5.02. The third-order valence-electron chi connectivity index (χ3n) is 5.78. The number of aliphatic hydroxyl groups is 2. The summed E-state index contributed by atoms with van der Waals surface area (Å²) < 4.78 is 5.93. The number of ether oxygens (including phenoxy) is 1. The minimum Gasteiger partial charge on any atom is -0.477 e. The predicted octanol–water partition coefficient (Wildman–Crippen LogP) is 3.80. The van der Waals surface area contributed by atoms with Crippen LogP contribution in [0.15, 0.2) is 12.4 Å². The molecule has 0 amide bonds. The van der Waals surface area contributed by atoms with E-state index in [1.54, 1.807) is 0 Å². The van der Waals surface area contributed by atoms with Crippen LogP contribution in [0.4, 0.5) is 5.95 Å². The topological polar surface area (TPSA) is 100 Å². The quantitative estimate of drug-likeness (QED) is 0.520. The average Bonchev–Trinajstić information content (AvgIpc) is 2.74. The van der Waals surface area contributed by atoms with E-state index in [0.29, 0.717) is 30.4 Å². The molecule has 0 unspecified atom stereocenters. The summed E-state index contributed by atoms with van der Waals surface area (Å²) in [4.78, 5) is 13.9. The van der Waals surface area contributed by atoms with Gasteiger partial charge in [-0.05, 0) is 64.2 Å². The van der Waals surface area contributed by atoms with E-state index in [-0.39, 0.29) is 12.7 Å². The second-order valence-corrected chi connectivity index (χ2v) is 8.07. The van der Waals surface area contributed by atoms with Crippen molar-refractivity contribution in [1.29, 1.82) is 0 Å². The molecule has 3 N–H and O–H groups in total. The molecule has 2 aromatic heterocycles. The summed E-state index contributed by atoms with van der Waals surface area (Å²) in [6, 6.07) is 0.296. The van der Waals surface area contributed by atoms with Gasteiger partial charge in [0.15, 0.2) is 0 Å². The van der Waals surface area contributed by atoms with E-state index >= 15 is 0 Å². The normalized spacial score (nSPS) is 20.6. The van der Waals surface area contributed by atoms with Gasteiger partial charge >= 0.3 is 0 Å². The van der Waals surface area contributed by atoms with Gasteiger partial charge in [-0.15, -0.1) is 0 Å². The number of hydrogen-bond acceptors (Lipinski definition) is 7. The lowest BCUT2D eigenvalue weighted by molar-refractivity contribution is 0.122. The van der Waals surface area contributed by atoms with E-state index in [9.17, 15) is 5.11 Å². The molecule has 1 atom stereocenters. The molecule has 29 heavy (non-hydrogen) atoms. The number of nitrogens with one attached hydrogen (secondary N) is 1. The van der Waals surface area contributed by atoms with Crippen LogP contribution in [-0.2, 0) is 0 Å². The van der Waals surface area contributed by atoms with Crippen molar-refractivity contribution in [2.24, 2.45) is 0 Å². The van der Waals surface area contributed by atoms with Crippen molar-refractivity contribution in [2.75, 3.05) is 18.5 Å². The van der Waals surface area contributed by atoms with Crippen LogP contribution in [0, 0.1) is 0 Å². The van der Waals surface area contributed by atoms with Crippen molar-refractivity contribution in [3.63, 3.8) is 0 Å². The molecular formula is C22H34N4O3. The van der Waals surface area contributed by atoms with E-state index in [2.05, 4.69) is 29.1 Å². The fraction of sp³-hybridized carbons (Fsp3) is 0.682. The van der Waals surface area contributed by atoms with E-state index in [1.807, 2.05) is 12.4 Å². The summed E-state index contributed by atoms with van der Waals surface area (Å²) in [5.41, 5.74) is 2.02. The number of rotatable bonds is 10. The van der Waals surface area contributed by atoms with Gasteiger partial charge < -0.3 is 20.3 Å². The molecule has 1 fully saturated rings. The second kappa shape index (κ2) is 10.7. The number of pyridine rings is 1. The number of aliphatic hydroxyl groups excluding tert-OH is 2. The van der Waals surface area contributed by atoms with Crippen molar-refractivity contribution in [3.8, 4) is 5.88 Å². The highest BCUT2D eigenvalue weighted by molar-refractivity contribution is 5.86. The Kier molecular flexibility index (Phi) is 8.00. The van der Waals surface area contributed by atoms with Gasteiger partial charge in [0.05, 0.1) is 23.6 Å². The molecule has 2 aromatic rings. The number of hydrogen-bond donors (Lipinski definition) is 3. The first kappa shape index (κ1) is 21.7. The van der Waals surface area contributed by atoms with Gasteiger partial charge in [0.1, 0.15) is 0 Å². The molecule has 7 nitrogen and oxygen atoms in total. The number of aromatic nitrogens is 3. The Morgan fingerprint density at radius 2 is 1.93 bits per heavy atom. The molecule has 1 aliphatic carbocycles. The highest BCUT2D eigenvalue weighted by Crippen LogP contribution is 2.37. The second-order valence-electron chi connectivity index (χ2n) is 8.07. The predicted molar refractivity (Wildman–Crippen MR) is 114 cm³/mol. The number of unbranched alkanes of at least 4 members (excludes halogenated alkanes) is 2. The molecule has 0 saturated heterocycles. The van der Waals surface area contributed by atoms with Crippen molar-refractivity contribution in [2.45, 2.75) is 83.3 Å². The molecular weight excluding hydrogens is 368 g/mol. The summed E-state index contributed by atoms with van der Waals surface area (Å²) in [7, 11) is 0. The van der Waals surface area contributed by atoms with E-state index in [1.165, 1.54) is 0 Å². The monoisotopic (exact) mass is 402 g/mol. The van der Waals surface area contributed by atoms with Gasteiger partial charge in [0.25, 0.3) is 0 Å². The highest BCUT2D eigenvalue weighted by Gasteiger charge is 2.24. The van der Waals surface area contributed by atoms with E-state index in [4.69, 9.17) is 14.8 Å². The molecule has 0 spiro atoms. The lowest BCUT2D eigenvalue weighted by Crippen LogP contribution is -2.18. The van der Waals surface area contributed by atoms with Gasteiger partial charge in [-0.3, -0.25) is 0 Å². The minimum absolute atomic E-state index is 0.191. The fourth-order valence-electron chi connectivity index (χ4n) is 3.77. The maximum atomic E-state index is 9.87. The van der Waals surface area contributed by atoms with E-state index < -0.39 is 0 Å². The third-order valence-corrected chi connectivity index (χ3v) is 5.78. The molecule has 0 bridgehead atoms. The zero-order valence-electron chi connectivity index (χ0n) is 17.6. The van der Waals surface area contributed by atoms with Gasteiger partial charge in [0.2, 0.25) is 11.8 Å². The first-order valence-electron chi connectivity index (χ1n) is 11.0. The summed E-state index contributed by atoms with van der Waals surface area (Å²) in [5.74, 6) is 1.54. The SMILES string of the molecule is CC[C@H](C)Nc1ncc2c(OCCCCCO)ncc(C3CCC(O)CC3)c2n1. The van der Waals surface area contributed by atoms with Crippen molar-refractivity contribution < 1.29 is 14.9 Å². The molecule has 0 aliphatic heterocycles.